The summed E-state index contributed by atoms with van der Waals surface area (Å²) in [6, 6.07) is 120. The van der Waals surface area contributed by atoms with E-state index in [-0.39, 0.29) is 86.0 Å². The normalized spacial score (nSPS) is 27.3. The van der Waals surface area contributed by atoms with Gasteiger partial charge >= 0.3 is 0 Å². The Balaban J connectivity index is 0.000000106. The molecule has 133 heavy (non-hydrogen) atoms. The van der Waals surface area contributed by atoms with Crippen molar-refractivity contribution in [2.75, 3.05) is 0 Å². The number of aromatic nitrogens is 8. The number of benzene rings is 12. The molecule has 0 N–H and O–H groups in total. The molecule has 16 saturated carbocycles. The summed E-state index contributed by atoms with van der Waals surface area (Å²) in [5.41, 5.74) is 20.9. The monoisotopic (exact) mass is 2450 g/mol. The topological polar surface area (TPSA) is 71.3 Å². The van der Waals surface area contributed by atoms with E-state index in [0.717, 1.165) is 140 Å². The third-order valence-corrected chi connectivity index (χ3v) is 33.8. The predicted octanol–water partition coefficient (Wildman–Crippen LogP) is 29.9. The molecule has 0 amide bonds. The van der Waals surface area contributed by atoms with Crippen LogP contribution in [0.3, 0.4) is 0 Å². The number of imidazole rings is 4. The molecule has 0 saturated heterocycles. The van der Waals surface area contributed by atoms with Gasteiger partial charge in [-0.15, -0.1) is 124 Å². The molecule has 8 nitrogen and oxygen atoms in total. The zero-order chi connectivity index (χ0) is 85.2. The summed E-state index contributed by atoms with van der Waals surface area (Å²) in [5.74, 6) is 17.6. The van der Waals surface area contributed by atoms with Gasteiger partial charge in [-0.25, -0.2) is 0 Å². The van der Waals surface area contributed by atoms with Gasteiger partial charge in [-0.3, -0.25) is 19.9 Å². The van der Waals surface area contributed by atoms with Crippen LogP contribution in [0.25, 0.3) is 134 Å². The first-order valence-corrected chi connectivity index (χ1v) is 49.2. The molecule has 4 radical (unpaired) electrons. The molecule has 16 bridgehead atoms. The minimum atomic E-state index is 0. The van der Waals surface area contributed by atoms with Crippen LogP contribution < -0.4 is 0 Å². The standard InChI is InChI=1S/2C31H29N2.C30H29N2.C29H27N2.4Ir/c1-3-8-23(9-4-1)25-12-7-13-26(19-25)31-32-20-29(24-10-5-2-6-11-24)33(31)30-27-15-21-14-22(17-27)18-28(30)16-21;1-3-7-23(8-4-1)24-11-13-26(14-12-24)31-32-20-29(25-9-5-2-6-10-25)33(31)30-27-16-21-15-22(18-27)19-28(30)17-21;1-20-28(25-8-3-2-4-9-25)32(30-17-21-13-22(18-30)15-23(14-21)19-30)29(31-20)27-12-11-24-7-5-6-10-26(24)16-27;1-2-7-22(8-3-1)27-18-30-29(24-11-10-21-6-4-5-9-23(21)17-24)31(27)28-25-13-19-12-20(15-25)16-26(28)14-19;;;;/h1-12,19-22,27-28,30H,14-18H2;1-13,20-22,27-28,30H,15-19H2;2-11,16,21-23H,13-15,17-19H2,1H3;1-10,17-20,25-26,28H,12-16H2;;;;/q4*-1;;;;. The number of nitrogens with zero attached hydrogens (tertiary/aromatic N) is 8. The minimum Gasteiger partial charge on any atom is -0.361 e. The first-order valence-electron chi connectivity index (χ1n) is 49.2. The second-order valence-corrected chi connectivity index (χ2v) is 41.8. The van der Waals surface area contributed by atoms with Crippen molar-refractivity contribution >= 4 is 21.5 Å². The van der Waals surface area contributed by atoms with E-state index in [2.05, 4.69) is 359 Å². The molecule has 12 aromatic carbocycles. The third kappa shape index (κ3) is 17.1. The van der Waals surface area contributed by atoms with Crippen molar-refractivity contribution in [3.05, 3.63) is 340 Å². The minimum absolute atomic E-state index is 0. The van der Waals surface area contributed by atoms with Crippen LogP contribution in [0.2, 0.25) is 0 Å². The Kier molecular flexibility index (Phi) is 25.9. The van der Waals surface area contributed by atoms with Crippen LogP contribution >= 0.6 is 0 Å². The Morgan fingerprint density at radius 3 is 0.940 bits per heavy atom. The quantitative estimate of drug-likeness (QED) is 0.102. The SMILES string of the molecule is Cc1nc(-c2[c-]cc3ccccc3c2)n(C23CC4CC(CC(C4)C2)C3)c1-c1ccccc1.[Ir].[Ir].[Ir].[Ir].[c-]1cc(-c2ccccc2)ccc1-c1ncc(-c2ccccc2)n1C1C2CC3CC(C2)CC1C3.[c-]1cc2ccccc2cc1-c1ncc(-c2ccccc2)n1C1C2CC3CC(C2)CC1C3.[c-]1ccc(-c2ccccc2)cc1-c1ncc(-c2ccccc2)n1C1C2CC3CC(C2)CC1C3. The summed E-state index contributed by atoms with van der Waals surface area (Å²) < 4.78 is 10.6. The van der Waals surface area contributed by atoms with Crippen LogP contribution in [0.5, 0.6) is 0 Å². The van der Waals surface area contributed by atoms with E-state index in [1.807, 2.05) is 0 Å². The van der Waals surface area contributed by atoms with Gasteiger partial charge in [0.05, 0.1) is 51.8 Å². The number of fused-ring (bicyclic) bond motifs is 2. The molecule has 0 atom stereocenters. The fourth-order valence-electron chi connectivity index (χ4n) is 29.7. The molecule has 4 aromatic heterocycles. The van der Waals surface area contributed by atoms with Crippen molar-refractivity contribution in [3.8, 4) is 113 Å². The largest absolute Gasteiger partial charge is 0.361 e. The van der Waals surface area contributed by atoms with Gasteiger partial charge in [0.25, 0.3) is 0 Å². The molecule has 0 unspecified atom stereocenters. The Bertz CT molecular complexity index is 6620. The molecule has 16 aliphatic carbocycles. The van der Waals surface area contributed by atoms with E-state index in [1.165, 1.54) is 224 Å². The molecule has 16 fully saturated rings. The van der Waals surface area contributed by atoms with Crippen LogP contribution in [-0.4, -0.2) is 38.2 Å². The maximum Gasteiger partial charge on any atom is 0.0623 e. The fourth-order valence-corrected chi connectivity index (χ4v) is 29.7. The maximum absolute atomic E-state index is 5.25. The van der Waals surface area contributed by atoms with E-state index < -0.39 is 0 Å². The van der Waals surface area contributed by atoms with Crippen molar-refractivity contribution in [1.82, 2.24) is 38.2 Å². The predicted molar refractivity (Wildman–Crippen MR) is 523 cm³/mol. The zero-order valence-corrected chi connectivity index (χ0v) is 85.2. The Labute approximate surface area is 839 Å². The number of hydrogen-bond donors (Lipinski definition) is 0. The van der Waals surface area contributed by atoms with Crippen molar-refractivity contribution in [2.45, 2.75) is 165 Å². The summed E-state index contributed by atoms with van der Waals surface area (Å²) in [4.78, 5) is 20.4. The van der Waals surface area contributed by atoms with E-state index >= 15 is 0 Å². The zero-order valence-electron chi connectivity index (χ0n) is 75.6. The third-order valence-electron chi connectivity index (χ3n) is 33.8. The van der Waals surface area contributed by atoms with Gasteiger partial charge < -0.3 is 18.3 Å². The Morgan fingerprint density at radius 2 is 0.571 bits per heavy atom. The van der Waals surface area contributed by atoms with Crippen molar-refractivity contribution in [2.24, 2.45) is 88.8 Å². The summed E-state index contributed by atoms with van der Waals surface area (Å²) in [5, 5.41) is 5.00. The van der Waals surface area contributed by atoms with Gasteiger partial charge in [0.1, 0.15) is 0 Å². The summed E-state index contributed by atoms with van der Waals surface area (Å²) in [6.45, 7) is 2.20. The maximum atomic E-state index is 5.25. The van der Waals surface area contributed by atoms with Crippen molar-refractivity contribution < 1.29 is 80.4 Å². The molecule has 32 rings (SSSR count). The van der Waals surface area contributed by atoms with Crippen LogP contribution in [0, 0.1) is 120 Å². The smallest absolute Gasteiger partial charge is 0.0623 e. The van der Waals surface area contributed by atoms with Crippen molar-refractivity contribution in [1.29, 1.82) is 0 Å². The average Bonchev–Trinajstić information content (AvgIpc) is 1.62. The number of aryl methyl sites for hydroxylation is 1. The van der Waals surface area contributed by atoms with Crippen LogP contribution in [-0.2, 0) is 86.0 Å². The van der Waals surface area contributed by atoms with Gasteiger partial charge in [0, 0.05) is 123 Å². The summed E-state index contributed by atoms with van der Waals surface area (Å²) >= 11 is 0. The van der Waals surface area contributed by atoms with E-state index in [9.17, 15) is 0 Å². The Hall–Kier alpha value is -9.40. The molecular formula is C121H114Ir4N8-4. The van der Waals surface area contributed by atoms with Gasteiger partial charge in [-0.1, -0.05) is 252 Å². The molecule has 12 heteroatoms. The summed E-state index contributed by atoms with van der Waals surface area (Å²) in [6.07, 6.45) is 35.9. The van der Waals surface area contributed by atoms with E-state index in [1.54, 1.807) is 0 Å². The second kappa shape index (κ2) is 38.3. The van der Waals surface area contributed by atoms with Crippen LogP contribution in [0.1, 0.15) is 159 Å². The molecule has 0 aliphatic heterocycles. The molecule has 16 aromatic rings. The van der Waals surface area contributed by atoms with Gasteiger partial charge in [-0.05, 0) is 258 Å². The van der Waals surface area contributed by atoms with Gasteiger partial charge in [0.2, 0.25) is 0 Å². The van der Waals surface area contributed by atoms with Crippen LogP contribution in [0.15, 0.2) is 310 Å². The van der Waals surface area contributed by atoms with E-state index in [4.69, 9.17) is 19.9 Å². The average molecular weight is 2450 g/mol. The molecule has 678 valence electrons. The molecule has 4 heterocycles. The summed E-state index contributed by atoms with van der Waals surface area (Å²) in [7, 11) is 0. The number of rotatable bonds is 14. The number of hydrogen-bond acceptors (Lipinski definition) is 4. The van der Waals surface area contributed by atoms with Gasteiger partial charge in [-0.2, -0.15) is 0 Å². The van der Waals surface area contributed by atoms with Crippen molar-refractivity contribution in [3.63, 3.8) is 0 Å². The van der Waals surface area contributed by atoms with Crippen LogP contribution in [0.4, 0.5) is 0 Å². The second-order valence-electron chi connectivity index (χ2n) is 41.8. The van der Waals surface area contributed by atoms with E-state index in [0.29, 0.717) is 18.1 Å². The first-order chi connectivity index (χ1) is 63.7. The van der Waals surface area contributed by atoms with Gasteiger partial charge in [0.15, 0.2) is 0 Å². The Morgan fingerprint density at radius 1 is 0.263 bits per heavy atom. The first kappa shape index (κ1) is 90.1. The molecular weight excluding hydrogens is 2330 g/mol. The molecule has 16 aliphatic rings. The fraction of sp³-hybridized carbons (Fsp3) is 0.339. The molecule has 0 spiro atoms.